The second-order valence-electron chi connectivity index (χ2n) is 8.88. The predicted molar refractivity (Wildman–Crippen MR) is 151 cm³/mol. The number of esters is 1. The van der Waals surface area contributed by atoms with E-state index in [0.717, 1.165) is 22.5 Å². The van der Waals surface area contributed by atoms with Gasteiger partial charge in [0, 0.05) is 36.3 Å². The van der Waals surface area contributed by atoms with Crippen molar-refractivity contribution in [1.82, 2.24) is 10.3 Å². The lowest BCUT2D eigenvalue weighted by atomic mass is 9.90. The van der Waals surface area contributed by atoms with Gasteiger partial charge in [0.2, 0.25) is 5.96 Å². The number of hydrazone groups is 1. The van der Waals surface area contributed by atoms with Crippen LogP contribution in [0, 0.1) is 0 Å². The lowest BCUT2D eigenvalue weighted by Crippen LogP contribution is -2.41. The summed E-state index contributed by atoms with van der Waals surface area (Å²) in [7, 11) is 3.98. The molecule has 0 spiro atoms. The molecule has 1 heterocycles. The normalized spacial score (nSPS) is 15.2. The summed E-state index contributed by atoms with van der Waals surface area (Å²) >= 11 is 5.98. The van der Waals surface area contributed by atoms with Crippen molar-refractivity contribution in [1.29, 1.82) is 0 Å². The van der Waals surface area contributed by atoms with Gasteiger partial charge in [-0.1, -0.05) is 54.1 Å². The second kappa shape index (κ2) is 12.4. The summed E-state index contributed by atoms with van der Waals surface area (Å²) in [5.74, 6) is -0.798. The van der Waals surface area contributed by atoms with Gasteiger partial charge in [-0.2, -0.15) is 5.10 Å². The first-order valence-electron chi connectivity index (χ1n) is 12.3. The van der Waals surface area contributed by atoms with Crippen molar-refractivity contribution in [3.63, 3.8) is 0 Å². The average molecular weight is 532 g/mol. The lowest BCUT2D eigenvalue weighted by Gasteiger charge is -2.19. The highest BCUT2D eigenvalue weighted by Crippen LogP contribution is 2.29. The lowest BCUT2D eigenvalue weighted by molar-refractivity contribution is -0.141. The summed E-state index contributed by atoms with van der Waals surface area (Å²) in [6, 6.07) is 24.7. The number of ether oxygens (including phenoxy) is 1. The molecule has 9 heteroatoms. The maximum absolute atomic E-state index is 13.1. The third-order valence-corrected chi connectivity index (χ3v) is 6.29. The number of carbonyl (C=O) groups is 2. The number of hydrogen-bond donors (Lipinski definition) is 1. The van der Waals surface area contributed by atoms with Gasteiger partial charge in [-0.05, 0) is 54.4 Å². The van der Waals surface area contributed by atoms with Crippen LogP contribution in [0.25, 0.3) is 0 Å². The molecule has 38 heavy (non-hydrogen) atoms. The number of amides is 1. The Balaban J connectivity index is 1.69. The van der Waals surface area contributed by atoms with Gasteiger partial charge < -0.3 is 9.64 Å². The van der Waals surface area contributed by atoms with E-state index in [1.807, 2.05) is 61.5 Å². The van der Waals surface area contributed by atoms with Crippen molar-refractivity contribution in [2.45, 2.75) is 12.8 Å². The van der Waals surface area contributed by atoms with Crippen molar-refractivity contribution in [2.75, 3.05) is 38.7 Å². The molecule has 3 aromatic rings. The molecule has 0 aromatic heterocycles. The minimum Gasteiger partial charge on any atom is -0.465 e. The highest BCUT2D eigenvalue weighted by molar-refractivity contribution is 6.30. The van der Waals surface area contributed by atoms with E-state index < -0.39 is 5.97 Å². The molecule has 0 saturated carbocycles. The molecule has 4 rings (SSSR count). The van der Waals surface area contributed by atoms with Crippen LogP contribution >= 0.6 is 11.6 Å². The first-order valence-corrected chi connectivity index (χ1v) is 12.7. The number of carbonyl (C=O) groups excluding carboxylic acids is 2. The van der Waals surface area contributed by atoms with Crippen LogP contribution in [0.4, 0.5) is 5.69 Å². The summed E-state index contributed by atoms with van der Waals surface area (Å²) in [5.41, 5.74) is 4.36. The molecule has 0 radical (unpaired) electrons. The summed E-state index contributed by atoms with van der Waals surface area (Å²) < 4.78 is 5.04. The highest BCUT2D eigenvalue weighted by atomic mass is 35.5. The minimum atomic E-state index is -0.493. The van der Waals surface area contributed by atoms with E-state index in [-0.39, 0.29) is 30.9 Å². The van der Waals surface area contributed by atoms with E-state index in [9.17, 15) is 9.59 Å². The number of nitrogens with one attached hydrogen (secondary N) is 1. The highest BCUT2D eigenvalue weighted by Gasteiger charge is 2.32. The molecule has 8 nitrogen and oxygen atoms in total. The van der Waals surface area contributed by atoms with Crippen molar-refractivity contribution in [3.8, 4) is 0 Å². The molecule has 1 N–H and O–H groups in total. The zero-order valence-corrected chi connectivity index (χ0v) is 22.4. The van der Waals surface area contributed by atoms with Crippen molar-refractivity contribution < 1.29 is 14.3 Å². The Labute approximate surface area is 227 Å². The topological polar surface area (TPSA) is 86.6 Å². The van der Waals surface area contributed by atoms with Crippen LogP contribution in [0.5, 0.6) is 0 Å². The van der Waals surface area contributed by atoms with E-state index in [0.29, 0.717) is 17.1 Å². The summed E-state index contributed by atoms with van der Waals surface area (Å²) in [4.78, 5) is 31.6. The van der Waals surface area contributed by atoms with Gasteiger partial charge in [-0.25, -0.2) is 10.0 Å². The van der Waals surface area contributed by atoms with Crippen molar-refractivity contribution in [3.05, 3.63) is 101 Å². The summed E-state index contributed by atoms with van der Waals surface area (Å²) in [6.07, 6.45) is 0. The molecule has 3 aromatic carbocycles. The van der Waals surface area contributed by atoms with Crippen LogP contribution in [-0.4, -0.2) is 62.3 Å². The van der Waals surface area contributed by atoms with E-state index in [1.165, 1.54) is 0 Å². The Kier molecular flexibility index (Phi) is 8.76. The van der Waals surface area contributed by atoms with Crippen molar-refractivity contribution >= 4 is 40.8 Å². The van der Waals surface area contributed by atoms with Gasteiger partial charge in [0.05, 0.1) is 18.9 Å². The van der Waals surface area contributed by atoms with Gasteiger partial charge in [0.1, 0.15) is 6.54 Å². The van der Waals surface area contributed by atoms with E-state index in [1.54, 1.807) is 36.2 Å². The number of halogens is 1. The molecule has 0 bridgehead atoms. The smallest absolute Gasteiger partial charge is 0.327 e. The SMILES string of the molecule is CCOC(=O)CN=C(NC(=O)c1ccc(Cl)cc1)N1CC(c2ccccc2)C(c2ccc(N(C)C)cc2)=N1. The zero-order chi connectivity index (χ0) is 27.1. The van der Waals surface area contributed by atoms with Crippen LogP contribution in [0.2, 0.25) is 5.02 Å². The number of hydrogen-bond acceptors (Lipinski definition) is 6. The molecule has 0 saturated heterocycles. The molecule has 1 aliphatic rings. The Morgan fingerprint density at radius 1 is 1.05 bits per heavy atom. The van der Waals surface area contributed by atoms with Crippen LogP contribution in [0.3, 0.4) is 0 Å². The summed E-state index contributed by atoms with van der Waals surface area (Å²) in [5, 5.41) is 9.89. The maximum atomic E-state index is 13.1. The quantitative estimate of drug-likeness (QED) is 0.274. The fraction of sp³-hybridized carbons (Fsp3) is 0.241. The van der Waals surface area contributed by atoms with E-state index >= 15 is 0 Å². The van der Waals surface area contributed by atoms with E-state index in [4.69, 9.17) is 21.4 Å². The number of anilines is 1. The molecule has 196 valence electrons. The average Bonchev–Trinajstić information content (AvgIpc) is 3.37. The number of aliphatic imine (C=N–C) groups is 1. The Morgan fingerprint density at radius 2 is 1.74 bits per heavy atom. The number of nitrogens with zero attached hydrogens (tertiary/aromatic N) is 4. The fourth-order valence-corrected chi connectivity index (χ4v) is 4.20. The molecule has 0 aliphatic carbocycles. The zero-order valence-electron chi connectivity index (χ0n) is 21.6. The number of guanidine groups is 1. The van der Waals surface area contributed by atoms with Crippen LogP contribution in [0.1, 0.15) is 34.3 Å². The fourth-order valence-electron chi connectivity index (χ4n) is 4.08. The van der Waals surface area contributed by atoms with E-state index in [2.05, 4.69) is 22.4 Å². The van der Waals surface area contributed by atoms with Gasteiger partial charge in [0.15, 0.2) is 0 Å². The standard InChI is InChI=1S/C29H30ClN5O3/c1-4-38-26(36)18-31-29(32-28(37)22-10-14-23(30)15-11-22)35-19-25(20-8-6-5-7-9-20)27(33-35)21-12-16-24(17-13-21)34(2)3/h5-17,25H,4,18-19H2,1-3H3,(H,31,32,37). The van der Waals surface area contributed by atoms with Crippen LogP contribution in [-0.2, 0) is 9.53 Å². The van der Waals surface area contributed by atoms with Crippen LogP contribution in [0.15, 0.2) is 89.0 Å². The molecule has 0 fully saturated rings. The Morgan fingerprint density at radius 3 is 2.37 bits per heavy atom. The van der Waals surface area contributed by atoms with Gasteiger partial charge >= 0.3 is 5.97 Å². The largest absolute Gasteiger partial charge is 0.465 e. The molecular weight excluding hydrogens is 502 g/mol. The Bertz CT molecular complexity index is 1320. The third-order valence-electron chi connectivity index (χ3n) is 6.03. The van der Waals surface area contributed by atoms with Crippen molar-refractivity contribution in [2.24, 2.45) is 10.1 Å². The molecule has 1 amide bonds. The second-order valence-corrected chi connectivity index (χ2v) is 9.31. The Hall–Kier alpha value is -4.17. The summed E-state index contributed by atoms with van der Waals surface area (Å²) in [6.45, 7) is 2.15. The van der Waals surface area contributed by atoms with Gasteiger partial charge in [-0.3, -0.25) is 14.9 Å². The molecule has 1 unspecified atom stereocenters. The molecule has 1 atom stereocenters. The molecule has 1 aliphatic heterocycles. The monoisotopic (exact) mass is 531 g/mol. The number of benzene rings is 3. The van der Waals surface area contributed by atoms with Gasteiger partial charge in [-0.15, -0.1) is 0 Å². The van der Waals surface area contributed by atoms with Gasteiger partial charge in [0.25, 0.3) is 5.91 Å². The predicted octanol–water partition coefficient (Wildman–Crippen LogP) is 4.56. The van der Waals surface area contributed by atoms with Crippen LogP contribution < -0.4 is 10.2 Å². The minimum absolute atomic E-state index is 0.0818. The first kappa shape index (κ1) is 26.9. The maximum Gasteiger partial charge on any atom is 0.327 e. The number of rotatable bonds is 7. The first-order chi connectivity index (χ1) is 18.4. The molecular formula is C29H30ClN5O3. The third kappa shape index (κ3) is 6.58.